The van der Waals surface area contributed by atoms with Gasteiger partial charge in [0.05, 0.1) is 20.3 Å². The molecule has 0 radical (unpaired) electrons. The number of carbonyl (C=O) groups is 1. The second-order valence-corrected chi connectivity index (χ2v) is 5.02. The van der Waals surface area contributed by atoms with E-state index in [1.54, 1.807) is 25.3 Å². The van der Waals surface area contributed by atoms with Crippen molar-refractivity contribution in [2.45, 2.75) is 25.4 Å². The Bertz CT molecular complexity index is 471. The van der Waals surface area contributed by atoms with Crippen molar-refractivity contribution in [1.29, 1.82) is 0 Å². The van der Waals surface area contributed by atoms with Crippen LogP contribution in [0.1, 0.15) is 29.6 Å². The van der Waals surface area contributed by atoms with E-state index in [1.165, 1.54) is 7.11 Å². The van der Waals surface area contributed by atoms with Crippen molar-refractivity contribution in [1.82, 2.24) is 5.32 Å². The summed E-state index contributed by atoms with van der Waals surface area (Å²) in [6.07, 6.45) is 2.51. The quantitative estimate of drug-likeness (QED) is 0.795. The van der Waals surface area contributed by atoms with Crippen molar-refractivity contribution >= 4 is 5.91 Å². The third-order valence-electron chi connectivity index (χ3n) is 3.54. The monoisotopic (exact) mass is 279 g/mol. The van der Waals surface area contributed by atoms with Gasteiger partial charge in [-0.1, -0.05) is 0 Å². The van der Waals surface area contributed by atoms with Gasteiger partial charge in [0, 0.05) is 12.1 Å². The lowest BCUT2D eigenvalue weighted by Gasteiger charge is -2.11. The number of benzene rings is 1. The lowest BCUT2D eigenvalue weighted by molar-refractivity contribution is 0.0936. The van der Waals surface area contributed by atoms with Crippen molar-refractivity contribution in [3.63, 3.8) is 0 Å². The predicted octanol–water partition coefficient (Wildman–Crippen LogP) is 1.59. The molecule has 0 saturated heterocycles. The lowest BCUT2D eigenvalue weighted by atomic mass is 10.1. The summed E-state index contributed by atoms with van der Waals surface area (Å²) in [5.74, 6) is 1.38. The van der Waals surface area contributed by atoms with Gasteiger partial charge in [-0.05, 0) is 43.4 Å². The van der Waals surface area contributed by atoms with Crippen molar-refractivity contribution in [3.8, 4) is 11.5 Å². The topological polar surface area (TPSA) is 67.8 Å². The van der Waals surface area contributed by atoms with Crippen molar-refractivity contribution in [2.75, 3.05) is 20.8 Å². The molecule has 20 heavy (non-hydrogen) atoms. The van der Waals surface area contributed by atoms with Crippen LogP contribution in [0.25, 0.3) is 0 Å². The van der Waals surface area contributed by atoms with Gasteiger partial charge in [-0.2, -0.15) is 0 Å². The predicted molar refractivity (Wildman–Crippen MR) is 75.2 cm³/mol. The molecule has 0 bridgehead atoms. The zero-order chi connectivity index (χ0) is 14.5. The third kappa shape index (κ3) is 3.63. The first-order valence-electron chi connectivity index (χ1n) is 6.84. The number of nitrogens with one attached hydrogen (secondary N) is 1. The van der Waals surface area contributed by atoms with Gasteiger partial charge in [0.2, 0.25) is 0 Å². The number of carbonyl (C=O) groups excluding carboxylic acids is 1. The van der Waals surface area contributed by atoms with E-state index in [-0.39, 0.29) is 12.0 Å². The average Bonchev–Trinajstić information content (AvgIpc) is 3.30. The molecule has 0 aliphatic heterocycles. The van der Waals surface area contributed by atoms with Crippen molar-refractivity contribution in [3.05, 3.63) is 23.8 Å². The summed E-state index contributed by atoms with van der Waals surface area (Å²) >= 11 is 0. The summed E-state index contributed by atoms with van der Waals surface area (Å²) in [5, 5.41) is 12.5. The summed E-state index contributed by atoms with van der Waals surface area (Å²) in [5.41, 5.74) is 0.517. The summed E-state index contributed by atoms with van der Waals surface area (Å²) in [4.78, 5) is 12.0. The largest absolute Gasteiger partial charge is 0.493 e. The van der Waals surface area contributed by atoms with Gasteiger partial charge in [-0.25, -0.2) is 0 Å². The standard InChI is InChI=1S/C15H21NO4/c1-19-13-6-5-11(9-14(13)20-2)15(18)16-8-7-12(17)10-3-4-10/h5-6,9-10,12,17H,3-4,7-8H2,1-2H3,(H,16,18)/t12-/m0/s1. The molecule has 1 saturated carbocycles. The molecule has 1 aliphatic rings. The number of rotatable bonds is 7. The molecule has 1 aromatic carbocycles. The highest BCUT2D eigenvalue weighted by Crippen LogP contribution is 2.33. The molecule has 0 unspecified atom stereocenters. The molecule has 1 aromatic rings. The van der Waals surface area contributed by atoms with Gasteiger partial charge >= 0.3 is 0 Å². The minimum absolute atomic E-state index is 0.172. The van der Waals surface area contributed by atoms with Gasteiger partial charge in [0.1, 0.15) is 0 Å². The molecule has 0 spiro atoms. The van der Waals surface area contributed by atoms with Crippen LogP contribution in [0.4, 0.5) is 0 Å². The fourth-order valence-corrected chi connectivity index (χ4v) is 2.13. The van der Waals surface area contributed by atoms with Crippen LogP contribution in [-0.2, 0) is 0 Å². The maximum atomic E-state index is 12.0. The molecule has 110 valence electrons. The summed E-state index contributed by atoms with van der Waals surface area (Å²) in [7, 11) is 3.09. The molecule has 2 rings (SSSR count). The first kappa shape index (κ1) is 14.7. The maximum Gasteiger partial charge on any atom is 0.251 e. The Balaban J connectivity index is 1.88. The minimum Gasteiger partial charge on any atom is -0.493 e. The van der Waals surface area contributed by atoms with E-state index in [0.29, 0.717) is 35.9 Å². The zero-order valence-electron chi connectivity index (χ0n) is 11.9. The molecule has 1 atom stereocenters. The minimum atomic E-state index is -0.291. The Morgan fingerprint density at radius 1 is 1.35 bits per heavy atom. The highest BCUT2D eigenvalue weighted by atomic mass is 16.5. The van der Waals surface area contributed by atoms with Gasteiger partial charge in [-0.15, -0.1) is 0 Å². The zero-order valence-corrected chi connectivity index (χ0v) is 11.9. The van der Waals surface area contributed by atoms with E-state index >= 15 is 0 Å². The highest BCUT2D eigenvalue weighted by Gasteiger charge is 2.29. The van der Waals surface area contributed by atoms with E-state index in [9.17, 15) is 9.90 Å². The van der Waals surface area contributed by atoms with Gasteiger partial charge < -0.3 is 19.9 Å². The first-order chi connectivity index (χ1) is 9.65. The Kier molecular flexibility index (Phi) is 4.84. The molecule has 0 heterocycles. The molecule has 5 nitrogen and oxygen atoms in total. The fraction of sp³-hybridized carbons (Fsp3) is 0.533. The molecule has 0 aromatic heterocycles. The number of aliphatic hydroxyl groups is 1. The van der Waals surface area contributed by atoms with E-state index in [4.69, 9.17) is 9.47 Å². The average molecular weight is 279 g/mol. The van der Waals surface area contributed by atoms with E-state index in [2.05, 4.69) is 5.32 Å². The van der Waals surface area contributed by atoms with Crippen molar-refractivity contribution < 1.29 is 19.4 Å². The van der Waals surface area contributed by atoms with Gasteiger partial charge in [0.15, 0.2) is 11.5 Å². The molecule has 1 aliphatic carbocycles. The van der Waals surface area contributed by atoms with Gasteiger partial charge in [-0.3, -0.25) is 4.79 Å². The Morgan fingerprint density at radius 2 is 2.05 bits per heavy atom. The second kappa shape index (κ2) is 6.61. The van der Waals surface area contributed by atoms with E-state index in [0.717, 1.165) is 12.8 Å². The first-order valence-corrected chi connectivity index (χ1v) is 6.84. The number of hydrogen-bond acceptors (Lipinski definition) is 4. The van der Waals surface area contributed by atoms with Crippen LogP contribution in [0.3, 0.4) is 0 Å². The number of aliphatic hydroxyl groups excluding tert-OH is 1. The van der Waals surface area contributed by atoms with Crippen LogP contribution >= 0.6 is 0 Å². The Hall–Kier alpha value is -1.75. The van der Waals surface area contributed by atoms with Gasteiger partial charge in [0.25, 0.3) is 5.91 Å². The van der Waals surface area contributed by atoms with E-state index in [1.807, 2.05) is 0 Å². The van der Waals surface area contributed by atoms with Crippen LogP contribution in [0.15, 0.2) is 18.2 Å². The maximum absolute atomic E-state index is 12.0. The molecular formula is C15H21NO4. The number of hydrogen-bond donors (Lipinski definition) is 2. The number of methoxy groups -OCH3 is 2. The summed E-state index contributed by atoms with van der Waals surface area (Å²) in [6.45, 7) is 0.477. The Labute approximate surface area is 118 Å². The number of ether oxygens (including phenoxy) is 2. The molecule has 2 N–H and O–H groups in total. The third-order valence-corrected chi connectivity index (χ3v) is 3.54. The molecule has 1 fully saturated rings. The summed E-state index contributed by atoms with van der Waals surface area (Å²) in [6, 6.07) is 5.03. The molecule has 1 amide bonds. The SMILES string of the molecule is COc1ccc(C(=O)NCC[C@H](O)C2CC2)cc1OC. The van der Waals surface area contributed by atoms with E-state index < -0.39 is 0 Å². The van der Waals surface area contributed by atoms with Crippen LogP contribution in [-0.4, -0.2) is 37.9 Å². The van der Waals surface area contributed by atoms with Crippen molar-refractivity contribution in [2.24, 2.45) is 5.92 Å². The lowest BCUT2D eigenvalue weighted by Crippen LogP contribution is -2.27. The van der Waals surface area contributed by atoms with Crippen LogP contribution in [0.2, 0.25) is 0 Å². The summed E-state index contributed by atoms with van der Waals surface area (Å²) < 4.78 is 10.3. The number of amides is 1. The molecule has 5 heteroatoms. The van der Waals surface area contributed by atoms with Crippen LogP contribution in [0, 0.1) is 5.92 Å². The fourth-order valence-electron chi connectivity index (χ4n) is 2.13. The van der Waals surface area contributed by atoms with Crippen LogP contribution in [0.5, 0.6) is 11.5 Å². The van der Waals surface area contributed by atoms with Crippen LogP contribution < -0.4 is 14.8 Å². The molecular weight excluding hydrogens is 258 g/mol. The highest BCUT2D eigenvalue weighted by molar-refractivity contribution is 5.94. The smallest absolute Gasteiger partial charge is 0.251 e. The normalized spacial score (nSPS) is 15.6. The Morgan fingerprint density at radius 3 is 2.65 bits per heavy atom. The second-order valence-electron chi connectivity index (χ2n) is 5.02.